The normalized spacial score (nSPS) is 14.8. The van der Waals surface area contributed by atoms with Crippen molar-refractivity contribution in [1.29, 1.82) is 0 Å². The third kappa shape index (κ3) is 3.37. The molecule has 1 N–H and O–H groups in total. The zero-order chi connectivity index (χ0) is 13.0. The van der Waals surface area contributed by atoms with Crippen LogP contribution in [0.3, 0.4) is 0 Å². The van der Waals surface area contributed by atoms with E-state index in [-0.39, 0.29) is 0 Å². The number of ether oxygens (including phenoxy) is 3. The highest BCUT2D eigenvalue weighted by Crippen LogP contribution is 2.36. The first kappa shape index (κ1) is 13.6. The van der Waals surface area contributed by atoms with Crippen LogP contribution in [-0.2, 0) is 11.3 Å². The third-order valence-corrected chi connectivity index (χ3v) is 3.49. The number of benzene rings is 1. The summed E-state index contributed by atoms with van der Waals surface area (Å²) in [5, 5.41) is 3.41. The van der Waals surface area contributed by atoms with Crippen LogP contribution in [0.25, 0.3) is 0 Å². The predicted molar refractivity (Wildman–Crippen MR) is 73.1 cm³/mol. The Bertz CT molecular complexity index is 411. The van der Waals surface area contributed by atoms with Crippen molar-refractivity contribution in [1.82, 2.24) is 5.32 Å². The summed E-state index contributed by atoms with van der Waals surface area (Å²) in [5.41, 5.74) is 1.16. The van der Waals surface area contributed by atoms with E-state index in [4.69, 9.17) is 14.2 Å². The summed E-state index contributed by atoms with van der Waals surface area (Å²) in [6, 6.07) is 4.28. The molecule has 0 saturated carbocycles. The smallest absolute Gasteiger partial charge is 0.231 e. The molecule has 0 amide bonds. The van der Waals surface area contributed by atoms with Gasteiger partial charge in [-0.15, -0.1) is 0 Å². The molecule has 2 rings (SSSR count). The monoisotopic (exact) mass is 315 g/mol. The summed E-state index contributed by atoms with van der Waals surface area (Å²) in [6.45, 7) is 6.65. The maximum Gasteiger partial charge on any atom is 0.231 e. The minimum atomic E-state index is 0.305. The van der Waals surface area contributed by atoms with Gasteiger partial charge in [0.1, 0.15) is 0 Å². The van der Waals surface area contributed by atoms with Crippen molar-refractivity contribution in [2.45, 2.75) is 26.4 Å². The Hall–Kier alpha value is -0.780. The standard InChI is InChI=1S/C13H18BrNO3/c1-3-16-7-9(2)15-6-10-4-12-13(5-11(10)14)18-8-17-12/h4-5,9,15H,3,6-8H2,1-2H3. The van der Waals surface area contributed by atoms with Crippen LogP contribution >= 0.6 is 15.9 Å². The summed E-state index contributed by atoms with van der Waals surface area (Å²) in [4.78, 5) is 0. The first-order valence-electron chi connectivity index (χ1n) is 6.10. The van der Waals surface area contributed by atoms with E-state index in [1.807, 2.05) is 19.1 Å². The Morgan fingerprint density at radius 2 is 2.11 bits per heavy atom. The van der Waals surface area contributed by atoms with Gasteiger partial charge in [0.2, 0.25) is 6.79 Å². The lowest BCUT2D eigenvalue weighted by Crippen LogP contribution is -2.30. The fourth-order valence-electron chi connectivity index (χ4n) is 1.73. The van der Waals surface area contributed by atoms with Crippen LogP contribution in [0.2, 0.25) is 0 Å². The molecule has 1 heterocycles. The van der Waals surface area contributed by atoms with Crippen molar-refractivity contribution in [3.63, 3.8) is 0 Å². The minimum Gasteiger partial charge on any atom is -0.454 e. The van der Waals surface area contributed by atoms with Gasteiger partial charge in [-0.25, -0.2) is 0 Å². The second-order valence-electron chi connectivity index (χ2n) is 4.24. The van der Waals surface area contributed by atoms with Crippen LogP contribution in [0.15, 0.2) is 16.6 Å². The molecular formula is C13H18BrNO3. The fraction of sp³-hybridized carbons (Fsp3) is 0.538. The highest BCUT2D eigenvalue weighted by Gasteiger charge is 2.16. The molecule has 0 fully saturated rings. The number of halogens is 1. The van der Waals surface area contributed by atoms with Gasteiger partial charge in [0, 0.05) is 23.7 Å². The second-order valence-corrected chi connectivity index (χ2v) is 5.09. The quantitative estimate of drug-likeness (QED) is 0.876. The van der Waals surface area contributed by atoms with Crippen LogP contribution in [0.5, 0.6) is 11.5 Å². The molecule has 0 saturated heterocycles. The molecule has 1 atom stereocenters. The number of fused-ring (bicyclic) bond motifs is 1. The molecule has 1 aliphatic heterocycles. The van der Waals surface area contributed by atoms with E-state index in [0.29, 0.717) is 12.8 Å². The minimum absolute atomic E-state index is 0.305. The predicted octanol–water partition coefficient (Wildman–Crippen LogP) is 2.69. The molecular weight excluding hydrogens is 298 g/mol. The summed E-state index contributed by atoms with van der Waals surface area (Å²) in [6.07, 6.45) is 0. The first-order valence-corrected chi connectivity index (χ1v) is 6.89. The highest BCUT2D eigenvalue weighted by atomic mass is 79.9. The lowest BCUT2D eigenvalue weighted by atomic mass is 10.2. The van der Waals surface area contributed by atoms with Crippen LogP contribution in [0, 0.1) is 0 Å². The van der Waals surface area contributed by atoms with Gasteiger partial charge >= 0.3 is 0 Å². The molecule has 1 aliphatic rings. The fourth-order valence-corrected chi connectivity index (χ4v) is 2.20. The average molecular weight is 316 g/mol. The molecule has 1 aromatic carbocycles. The number of hydrogen-bond donors (Lipinski definition) is 1. The van der Waals surface area contributed by atoms with Gasteiger partial charge in [-0.1, -0.05) is 15.9 Å². The Morgan fingerprint density at radius 3 is 2.83 bits per heavy atom. The van der Waals surface area contributed by atoms with E-state index in [1.54, 1.807) is 0 Å². The maximum absolute atomic E-state index is 5.37. The molecule has 0 aromatic heterocycles. The van der Waals surface area contributed by atoms with Gasteiger partial charge in [-0.2, -0.15) is 0 Å². The van der Waals surface area contributed by atoms with Crippen molar-refractivity contribution >= 4 is 15.9 Å². The van der Waals surface area contributed by atoms with E-state index >= 15 is 0 Å². The Labute approximate surface area is 116 Å². The van der Waals surface area contributed by atoms with Crippen LogP contribution in [-0.4, -0.2) is 26.0 Å². The first-order chi connectivity index (χ1) is 8.70. The summed E-state index contributed by atoms with van der Waals surface area (Å²) >= 11 is 3.55. The molecule has 0 spiro atoms. The lowest BCUT2D eigenvalue weighted by Gasteiger charge is -2.14. The molecule has 4 nitrogen and oxygen atoms in total. The van der Waals surface area contributed by atoms with E-state index < -0.39 is 0 Å². The van der Waals surface area contributed by atoms with Gasteiger partial charge in [0.25, 0.3) is 0 Å². The molecule has 5 heteroatoms. The largest absolute Gasteiger partial charge is 0.454 e. The van der Waals surface area contributed by atoms with Crippen molar-refractivity contribution in [3.05, 3.63) is 22.2 Å². The topological polar surface area (TPSA) is 39.7 Å². The van der Waals surface area contributed by atoms with E-state index in [9.17, 15) is 0 Å². The molecule has 18 heavy (non-hydrogen) atoms. The second kappa shape index (κ2) is 6.41. The lowest BCUT2D eigenvalue weighted by molar-refractivity contribution is 0.127. The molecule has 1 aromatic rings. The van der Waals surface area contributed by atoms with Crippen molar-refractivity contribution < 1.29 is 14.2 Å². The molecule has 100 valence electrons. The zero-order valence-electron chi connectivity index (χ0n) is 10.7. The number of nitrogens with one attached hydrogen (secondary N) is 1. The summed E-state index contributed by atoms with van der Waals surface area (Å²) < 4.78 is 17.1. The van der Waals surface area contributed by atoms with Crippen molar-refractivity contribution in [3.8, 4) is 11.5 Å². The SMILES string of the molecule is CCOCC(C)NCc1cc2c(cc1Br)OCO2. The van der Waals surface area contributed by atoms with Crippen molar-refractivity contribution in [2.24, 2.45) is 0 Å². The highest BCUT2D eigenvalue weighted by molar-refractivity contribution is 9.10. The van der Waals surface area contributed by atoms with Gasteiger partial charge in [-0.3, -0.25) is 0 Å². The molecule has 0 aliphatic carbocycles. The van der Waals surface area contributed by atoms with E-state index in [1.165, 1.54) is 0 Å². The number of hydrogen-bond acceptors (Lipinski definition) is 4. The third-order valence-electron chi connectivity index (χ3n) is 2.75. The van der Waals surface area contributed by atoms with E-state index in [0.717, 1.165) is 41.3 Å². The van der Waals surface area contributed by atoms with Gasteiger partial charge in [0.05, 0.1) is 6.61 Å². The van der Waals surface area contributed by atoms with Crippen molar-refractivity contribution in [2.75, 3.05) is 20.0 Å². The van der Waals surface area contributed by atoms with Crippen LogP contribution in [0.1, 0.15) is 19.4 Å². The van der Waals surface area contributed by atoms with Gasteiger partial charge in [0.15, 0.2) is 11.5 Å². The maximum atomic E-state index is 5.37. The average Bonchev–Trinajstić information content (AvgIpc) is 2.80. The Kier molecular flexibility index (Phi) is 4.86. The summed E-state index contributed by atoms with van der Waals surface area (Å²) in [5.74, 6) is 1.61. The molecule has 1 unspecified atom stereocenters. The Balaban J connectivity index is 1.93. The van der Waals surface area contributed by atoms with Gasteiger partial charge in [-0.05, 0) is 31.5 Å². The van der Waals surface area contributed by atoms with E-state index in [2.05, 4.69) is 28.2 Å². The molecule has 0 bridgehead atoms. The Morgan fingerprint density at radius 1 is 1.39 bits per heavy atom. The van der Waals surface area contributed by atoms with Crippen LogP contribution in [0.4, 0.5) is 0 Å². The summed E-state index contributed by atoms with van der Waals surface area (Å²) in [7, 11) is 0. The number of rotatable bonds is 6. The van der Waals surface area contributed by atoms with Crippen LogP contribution < -0.4 is 14.8 Å². The van der Waals surface area contributed by atoms with Gasteiger partial charge < -0.3 is 19.5 Å². The molecule has 0 radical (unpaired) electrons. The zero-order valence-corrected chi connectivity index (χ0v) is 12.2.